The fourth-order valence-electron chi connectivity index (χ4n) is 2.32. The van der Waals surface area contributed by atoms with Crippen LogP contribution in [-0.4, -0.2) is 15.1 Å². The van der Waals surface area contributed by atoms with Crippen LogP contribution in [0.15, 0.2) is 55.0 Å². The van der Waals surface area contributed by atoms with Gasteiger partial charge < -0.3 is 5.11 Å². The molecule has 0 radical (unpaired) electrons. The van der Waals surface area contributed by atoms with Gasteiger partial charge in [0, 0.05) is 18.6 Å². The van der Waals surface area contributed by atoms with E-state index in [0.29, 0.717) is 11.4 Å². The van der Waals surface area contributed by atoms with Crippen molar-refractivity contribution in [1.82, 2.24) is 9.97 Å². The smallest absolute Gasteiger partial charge is 0.141 e. The van der Waals surface area contributed by atoms with Crippen molar-refractivity contribution in [3.63, 3.8) is 0 Å². The van der Waals surface area contributed by atoms with Crippen LogP contribution in [0.25, 0.3) is 10.4 Å². The van der Waals surface area contributed by atoms with E-state index >= 15 is 0 Å². The van der Waals surface area contributed by atoms with Gasteiger partial charge in [-0.1, -0.05) is 19.1 Å². The molecule has 1 unspecified atom stereocenters. The summed E-state index contributed by atoms with van der Waals surface area (Å²) in [5, 5.41) is 11.7. The lowest BCUT2D eigenvalue weighted by atomic mass is 9.93. The average molecular weight is 314 g/mol. The number of pyridine rings is 1. The van der Waals surface area contributed by atoms with Crippen LogP contribution in [0.2, 0.25) is 0 Å². The predicted octanol–water partition coefficient (Wildman–Crippen LogP) is 3.99. The van der Waals surface area contributed by atoms with Crippen molar-refractivity contribution in [2.24, 2.45) is 0 Å². The van der Waals surface area contributed by atoms with Gasteiger partial charge in [-0.15, -0.1) is 11.3 Å². The molecule has 1 atom stereocenters. The molecule has 1 aromatic carbocycles. The molecule has 22 heavy (non-hydrogen) atoms. The summed E-state index contributed by atoms with van der Waals surface area (Å²) < 4.78 is 13.0. The second-order valence-electron chi connectivity index (χ2n) is 4.99. The van der Waals surface area contributed by atoms with Gasteiger partial charge >= 0.3 is 0 Å². The Balaban J connectivity index is 2.00. The van der Waals surface area contributed by atoms with Crippen LogP contribution in [0.4, 0.5) is 4.39 Å². The Morgan fingerprint density at radius 2 is 1.82 bits per heavy atom. The van der Waals surface area contributed by atoms with Gasteiger partial charge in [-0.05, 0) is 41.8 Å². The second-order valence-corrected chi connectivity index (χ2v) is 6.02. The highest BCUT2D eigenvalue weighted by molar-refractivity contribution is 7.15. The topological polar surface area (TPSA) is 46.0 Å². The minimum atomic E-state index is -1.13. The highest BCUT2D eigenvalue weighted by atomic mass is 32.1. The first-order valence-corrected chi connectivity index (χ1v) is 7.80. The van der Waals surface area contributed by atoms with Gasteiger partial charge in [0.2, 0.25) is 0 Å². The van der Waals surface area contributed by atoms with Crippen molar-refractivity contribution in [2.45, 2.75) is 18.9 Å². The summed E-state index contributed by atoms with van der Waals surface area (Å²) in [6, 6.07) is 9.85. The number of aromatic nitrogens is 2. The van der Waals surface area contributed by atoms with Crippen LogP contribution in [0.5, 0.6) is 0 Å². The van der Waals surface area contributed by atoms with Crippen molar-refractivity contribution < 1.29 is 9.50 Å². The third-order valence-electron chi connectivity index (χ3n) is 3.66. The summed E-state index contributed by atoms with van der Waals surface area (Å²) in [6.45, 7) is 1.92. The Hall–Kier alpha value is -2.11. The maximum atomic E-state index is 13.0. The molecule has 1 N–H and O–H groups in total. The van der Waals surface area contributed by atoms with Gasteiger partial charge in [-0.2, -0.15) is 0 Å². The second kappa shape index (κ2) is 5.94. The number of benzene rings is 1. The van der Waals surface area contributed by atoms with Crippen LogP contribution >= 0.6 is 11.3 Å². The number of hydrogen-bond donors (Lipinski definition) is 1. The molecule has 0 spiro atoms. The van der Waals surface area contributed by atoms with Crippen LogP contribution < -0.4 is 0 Å². The monoisotopic (exact) mass is 314 g/mol. The molecule has 2 heterocycles. The summed E-state index contributed by atoms with van der Waals surface area (Å²) in [4.78, 5) is 9.27. The molecule has 0 saturated heterocycles. The average Bonchev–Trinajstić information content (AvgIpc) is 3.06. The Morgan fingerprint density at radius 1 is 1.14 bits per heavy atom. The normalized spacial score (nSPS) is 13.8. The van der Waals surface area contributed by atoms with Gasteiger partial charge in [-0.25, -0.2) is 9.37 Å². The molecule has 0 aliphatic carbocycles. The Morgan fingerprint density at radius 3 is 2.45 bits per heavy atom. The largest absolute Gasteiger partial charge is 0.378 e. The maximum absolute atomic E-state index is 13.0. The molecule has 0 saturated carbocycles. The molecule has 0 bridgehead atoms. The van der Waals surface area contributed by atoms with Gasteiger partial charge in [0.05, 0.1) is 4.88 Å². The van der Waals surface area contributed by atoms with Crippen LogP contribution in [0.1, 0.15) is 23.9 Å². The van der Waals surface area contributed by atoms with E-state index in [1.54, 1.807) is 42.9 Å². The quantitative estimate of drug-likeness (QED) is 0.792. The molecule has 0 fully saturated rings. The maximum Gasteiger partial charge on any atom is 0.141 e. The summed E-state index contributed by atoms with van der Waals surface area (Å²) in [6.07, 6.45) is 5.54. The molecule has 2 aromatic heterocycles. The molecule has 112 valence electrons. The number of aliphatic hydroxyl groups is 1. The highest BCUT2D eigenvalue weighted by Crippen LogP contribution is 2.37. The number of thiazole rings is 1. The van der Waals surface area contributed by atoms with Crippen molar-refractivity contribution in [2.75, 3.05) is 0 Å². The molecule has 0 amide bonds. The summed E-state index contributed by atoms with van der Waals surface area (Å²) in [7, 11) is 0. The lowest BCUT2D eigenvalue weighted by Crippen LogP contribution is -2.25. The molecule has 0 aliphatic rings. The van der Waals surface area contributed by atoms with E-state index in [1.165, 1.54) is 23.5 Å². The van der Waals surface area contributed by atoms with Gasteiger partial charge in [0.1, 0.15) is 16.4 Å². The minimum absolute atomic E-state index is 0.268. The minimum Gasteiger partial charge on any atom is -0.378 e. The molecule has 0 aliphatic heterocycles. The molecular weight excluding hydrogens is 299 g/mol. The third kappa shape index (κ3) is 2.65. The van der Waals surface area contributed by atoms with Crippen molar-refractivity contribution in [3.05, 3.63) is 71.4 Å². The van der Waals surface area contributed by atoms with E-state index in [1.807, 2.05) is 6.92 Å². The van der Waals surface area contributed by atoms with Crippen molar-refractivity contribution >= 4 is 11.3 Å². The predicted molar refractivity (Wildman–Crippen MR) is 85.0 cm³/mol. The third-order valence-corrected chi connectivity index (χ3v) is 4.86. The van der Waals surface area contributed by atoms with Gasteiger partial charge in [0.25, 0.3) is 0 Å². The van der Waals surface area contributed by atoms with E-state index in [-0.39, 0.29) is 5.82 Å². The first kappa shape index (κ1) is 14.8. The molecule has 3 rings (SSSR count). The number of rotatable bonds is 4. The Labute approximate surface area is 132 Å². The van der Waals surface area contributed by atoms with E-state index in [0.717, 1.165) is 16.0 Å². The Kier molecular flexibility index (Phi) is 4.00. The number of halogens is 1. The van der Waals surface area contributed by atoms with Crippen LogP contribution in [-0.2, 0) is 5.60 Å². The zero-order valence-electron chi connectivity index (χ0n) is 12.0. The molecule has 5 heteroatoms. The van der Waals surface area contributed by atoms with Crippen molar-refractivity contribution in [1.29, 1.82) is 0 Å². The first-order chi connectivity index (χ1) is 10.6. The summed E-state index contributed by atoms with van der Waals surface area (Å²) in [5.41, 5.74) is 0.523. The van der Waals surface area contributed by atoms with Crippen molar-refractivity contribution in [3.8, 4) is 10.4 Å². The lowest BCUT2D eigenvalue weighted by Gasteiger charge is -2.24. The number of hydrogen-bond acceptors (Lipinski definition) is 4. The van der Waals surface area contributed by atoms with Crippen LogP contribution in [0.3, 0.4) is 0 Å². The lowest BCUT2D eigenvalue weighted by molar-refractivity contribution is 0.0761. The highest BCUT2D eigenvalue weighted by Gasteiger charge is 2.32. The van der Waals surface area contributed by atoms with Gasteiger partial charge in [0.15, 0.2) is 0 Å². The van der Waals surface area contributed by atoms with Crippen LogP contribution in [0, 0.1) is 5.82 Å². The van der Waals surface area contributed by atoms with E-state index < -0.39 is 5.60 Å². The fraction of sp³-hybridized carbons (Fsp3) is 0.176. The zero-order chi connectivity index (χ0) is 15.6. The molecular formula is C17H15FN2OS. The number of nitrogens with zero attached hydrogens (tertiary/aromatic N) is 2. The Bertz CT molecular complexity index is 758. The fourth-order valence-corrected chi connectivity index (χ4v) is 3.42. The zero-order valence-corrected chi connectivity index (χ0v) is 12.8. The van der Waals surface area contributed by atoms with E-state index in [4.69, 9.17) is 0 Å². The summed E-state index contributed by atoms with van der Waals surface area (Å²) in [5.74, 6) is -0.268. The van der Waals surface area contributed by atoms with E-state index in [9.17, 15) is 9.50 Å². The first-order valence-electron chi connectivity index (χ1n) is 6.98. The summed E-state index contributed by atoms with van der Waals surface area (Å²) >= 11 is 1.41. The molecule has 3 aromatic rings. The van der Waals surface area contributed by atoms with Gasteiger partial charge in [-0.3, -0.25) is 4.98 Å². The standard InChI is InChI=1S/C17H15FN2OS/c1-2-17(21,13-7-9-19-10-8-13)16-20-11-15(22-16)12-3-5-14(18)6-4-12/h3-11,21H,2H2,1H3. The SMILES string of the molecule is CCC(O)(c1ccncc1)c1ncc(-c2ccc(F)cc2)s1. The van der Waals surface area contributed by atoms with E-state index in [2.05, 4.69) is 9.97 Å². The molecule has 3 nitrogen and oxygen atoms in total.